The third-order valence-corrected chi connectivity index (χ3v) is 7.69. The molecule has 4 aromatic carbocycles. The molecule has 6 rings (SSSR count). The Kier molecular flexibility index (Phi) is 11.2. The van der Waals surface area contributed by atoms with Crippen molar-refractivity contribution in [2.75, 3.05) is 31.5 Å². The van der Waals surface area contributed by atoms with E-state index >= 15 is 0 Å². The van der Waals surface area contributed by atoms with E-state index in [2.05, 4.69) is 16.0 Å². The number of benzene rings is 4. The second-order valence-corrected chi connectivity index (χ2v) is 10.8. The Morgan fingerprint density at radius 2 is 1.32 bits per heavy atom. The van der Waals surface area contributed by atoms with Crippen molar-refractivity contribution >= 4 is 36.4 Å². The fourth-order valence-electron chi connectivity index (χ4n) is 5.35. The number of hydrogen-bond acceptors (Lipinski definition) is 5. The van der Waals surface area contributed by atoms with E-state index in [1.807, 2.05) is 49.4 Å². The van der Waals surface area contributed by atoms with Crippen LogP contribution in [0.4, 0.5) is 14.5 Å². The molecule has 6 nitrogen and oxygen atoms in total. The van der Waals surface area contributed by atoms with E-state index in [0.717, 1.165) is 67.0 Å². The molecule has 2 heterocycles. The Hall–Kier alpha value is -3.69. The molecule has 10 heteroatoms. The topological polar surface area (TPSA) is 71.6 Å². The zero-order valence-corrected chi connectivity index (χ0v) is 25.8. The van der Waals surface area contributed by atoms with Crippen molar-refractivity contribution in [3.05, 3.63) is 102 Å². The van der Waals surface area contributed by atoms with Gasteiger partial charge in [-0.2, -0.15) is 0 Å². The predicted molar refractivity (Wildman–Crippen MR) is 175 cm³/mol. The summed E-state index contributed by atoms with van der Waals surface area (Å²) in [6.07, 6.45) is 1.81. The van der Waals surface area contributed by atoms with Crippen LogP contribution in [0, 0.1) is 18.6 Å². The van der Waals surface area contributed by atoms with E-state index in [-0.39, 0.29) is 42.9 Å². The quantitative estimate of drug-likeness (QED) is 0.190. The number of carbonyl (C=O) groups excluding carboxylic acids is 1. The van der Waals surface area contributed by atoms with E-state index in [1.165, 1.54) is 6.07 Å². The van der Waals surface area contributed by atoms with Crippen molar-refractivity contribution in [3.63, 3.8) is 0 Å². The standard InChI is InChI=1S/C34H33F2N3O3.2ClH/c1-21-2-4-22(5-3-21)29-18-25(8-11-33(29)42-27-13-15-38-20-27)39-34(40)24-7-10-32(41-26-12-14-37-19-26)28(16-24)23-6-9-30(35)31(36)17-23;;/h2-11,16-18,26-27,37-38H,12-15,19-20H2,1H3,(H,39,40);2*1H/t26-,27-;;/m0../s1. The maximum Gasteiger partial charge on any atom is 0.255 e. The van der Waals surface area contributed by atoms with Gasteiger partial charge in [-0.3, -0.25) is 4.79 Å². The van der Waals surface area contributed by atoms with Crippen LogP contribution in [0.25, 0.3) is 22.3 Å². The number of rotatable bonds is 8. The highest BCUT2D eigenvalue weighted by Crippen LogP contribution is 2.36. The fourth-order valence-corrected chi connectivity index (χ4v) is 5.35. The first kappa shape index (κ1) is 33.2. The molecule has 2 fully saturated rings. The second kappa shape index (κ2) is 14.9. The van der Waals surface area contributed by atoms with Gasteiger partial charge in [0.25, 0.3) is 5.91 Å². The van der Waals surface area contributed by atoms with Gasteiger partial charge in [0.05, 0.1) is 0 Å². The van der Waals surface area contributed by atoms with E-state index in [0.29, 0.717) is 34.7 Å². The molecule has 2 saturated heterocycles. The largest absolute Gasteiger partial charge is 0.488 e. The summed E-state index contributed by atoms with van der Waals surface area (Å²) in [7, 11) is 0. The third-order valence-electron chi connectivity index (χ3n) is 7.69. The summed E-state index contributed by atoms with van der Waals surface area (Å²) in [5.74, 6) is -0.965. The summed E-state index contributed by atoms with van der Waals surface area (Å²) in [6, 6.07) is 22.6. The fraction of sp³-hybridized carbons (Fsp3) is 0.265. The molecule has 0 saturated carbocycles. The summed E-state index contributed by atoms with van der Waals surface area (Å²) in [4.78, 5) is 13.5. The molecule has 2 aliphatic heterocycles. The van der Waals surface area contributed by atoms with Gasteiger partial charge in [0.2, 0.25) is 0 Å². The number of halogens is 4. The minimum absolute atomic E-state index is 0. The summed E-state index contributed by atoms with van der Waals surface area (Å²) in [5, 5.41) is 9.59. The van der Waals surface area contributed by atoms with E-state index < -0.39 is 11.6 Å². The minimum atomic E-state index is -0.963. The van der Waals surface area contributed by atoms with Crippen LogP contribution in [-0.4, -0.2) is 44.3 Å². The lowest BCUT2D eigenvalue weighted by Gasteiger charge is -2.19. The van der Waals surface area contributed by atoms with Crippen LogP contribution in [0.3, 0.4) is 0 Å². The molecular formula is C34H35Cl2F2N3O3. The summed E-state index contributed by atoms with van der Waals surface area (Å²) < 4.78 is 40.4. The number of ether oxygens (including phenoxy) is 2. The van der Waals surface area contributed by atoms with Gasteiger partial charge in [0.1, 0.15) is 23.7 Å². The maximum absolute atomic E-state index is 14.2. The van der Waals surface area contributed by atoms with Gasteiger partial charge in [0.15, 0.2) is 11.6 Å². The minimum Gasteiger partial charge on any atom is -0.488 e. The predicted octanol–water partition coefficient (Wildman–Crippen LogP) is 7.18. The highest BCUT2D eigenvalue weighted by Gasteiger charge is 2.21. The van der Waals surface area contributed by atoms with Crippen molar-refractivity contribution < 1.29 is 23.0 Å². The lowest BCUT2D eigenvalue weighted by Crippen LogP contribution is -2.20. The molecule has 0 aliphatic carbocycles. The smallest absolute Gasteiger partial charge is 0.255 e. The van der Waals surface area contributed by atoms with Gasteiger partial charge >= 0.3 is 0 Å². The molecule has 232 valence electrons. The molecule has 44 heavy (non-hydrogen) atoms. The normalized spacial score (nSPS) is 17.3. The van der Waals surface area contributed by atoms with Crippen molar-refractivity contribution in [1.29, 1.82) is 0 Å². The molecule has 2 atom stereocenters. The molecule has 1 amide bonds. The molecular weight excluding hydrogens is 607 g/mol. The van der Waals surface area contributed by atoms with Gasteiger partial charge in [-0.05, 0) is 92.5 Å². The molecule has 0 bridgehead atoms. The van der Waals surface area contributed by atoms with Gasteiger partial charge in [-0.25, -0.2) is 8.78 Å². The second-order valence-electron chi connectivity index (χ2n) is 10.8. The molecule has 0 radical (unpaired) electrons. The average molecular weight is 643 g/mol. The van der Waals surface area contributed by atoms with Gasteiger partial charge in [-0.15, -0.1) is 24.8 Å². The Bertz CT molecular complexity index is 1590. The van der Waals surface area contributed by atoms with Crippen LogP contribution in [0.2, 0.25) is 0 Å². The van der Waals surface area contributed by atoms with Crippen LogP contribution in [0.1, 0.15) is 28.8 Å². The van der Waals surface area contributed by atoms with E-state index in [4.69, 9.17) is 9.47 Å². The lowest BCUT2D eigenvalue weighted by atomic mass is 10.0. The van der Waals surface area contributed by atoms with Crippen LogP contribution in [-0.2, 0) is 0 Å². The van der Waals surface area contributed by atoms with Crippen LogP contribution in [0.5, 0.6) is 11.5 Å². The molecule has 0 spiro atoms. The van der Waals surface area contributed by atoms with Crippen molar-refractivity contribution in [1.82, 2.24) is 10.6 Å². The number of anilines is 1. The summed E-state index contributed by atoms with van der Waals surface area (Å²) >= 11 is 0. The van der Waals surface area contributed by atoms with Crippen LogP contribution in [0.15, 0.2) is 78.9 Å². The first-order valence-electron chi connectivity index (χ1n) is 14.3. The molecule has 2 aliphatic rings. The van der Waals surface area contributed by atoms with Gasteiger partial charge in [-0.1, -0.05) is 35.9 Å². The molecule has 0 aromatic heterocycles. The highest BCUT2D eigenvalue weighted by atomic mass is 35.5. The first-order valence-corrected chi connectivity index (χ1v) is 14.3. The molecule has 4 aromatic rings. The highest BCUT2D eigenvalue weighted by molar-refractivity contribution is 6.05. The summed E-state index contributed by atoms with van der Waals surface area (Å²) in [5.41, 5.74) is 4.94. The zero-order valence-electron chi connectivity index (χ0n) is 24.2. The van der Waals surface area contributed by atoms with E-state index in [1.54, 1.807) is 18.2 Å². The Labute approximate surface area is 268 Å². The Morgan fingerprint density at radius 3 is 1.91 bits per heavy atom. The Balaban J connectivity index is 0.00000221. The number of nitrogens with one attached hydrogen (secondary N) is 3. The summed E-state index contributed by atoms with van der Waals surface area (Å²) in [6.45, 7) is 5.30. The number of aryl methyl sites for hydroxylation is 1. The monoisotopic (exact) mass is 641 g/mol. The lowest BCUT2D eigenvalue weighted by molar-refractivity contribution is 0.102. The van der Waals surface area contributed by atoms with Gasteiger partial charge in [0, 0.05) is 35.5 Å². The number of carbonyl (C=O) groups is 1. The van der Waals surface area contributed by atoms with Crippen LogP contribution >= 0.6 is 24.8 Å². The van der Waals surface area contributed by atoms with Gasteiger partial charge < -0.3 is 25.4 Å². The van der Waals surface area contributed by atoms with E-state index in [9.17, 15) is 13.6 Å². The number of amides is 1. The molecule has 3 N–H and O–H groups in total. The van der Waals surface area contributed by atoms with Crippen molar-refractivity contribution in [3.8, 4) is 33.8 Å². The average Bonchev–Trinajstić information content (AvgIpc) is 3.71. The van der Waals surface area contributed by atoms with Crippen molar-refractivity contribution in [2.45, 2.75) is 32.0 Å². The molecule has 0 unspecified atom stereocenters. The van der Waals surface area contributed by atoms with Crippen LogP contribution < -0.4 is 25.4 Å². The number of hydrogen-bond donors (Lipinski definition) is 3. The zero-order chi connectivity index (χ0) is 29.1. The maximum atomic E-state index is 14.2. The Morgan fingerprint density at radius 1 is 0.727 bits per heavy atom. The van der Waals surface area contributed by atoms with Crippen molar-refractivity contribution in [2.24, 2.45) is 0 Å². The third kappa shape index (κ3) is 7.68. The first-order chi connectivity index (χ1) is 20.4. The SMILES string of the molecule is Cc1ccc(-c2cc(NC(=O)c3ccc(O[C@H]4CCNC4)c(-c4ccc(F)c(F)c4)c3)ccc2O[C@H]2CCNC2)cc1.Cl.Cl.